The number of amides is 1. The summed E-state index contributed by atoms with van der Waals surface area (Å²) in [5.41, 5.74) is 0.669. The molecule has 3 rings (SSSR count). The molecule has 2 aromatic rings. The third-order valence-electron chi connectivity index (χ3n) is 4.66. The SMILES string of the molecule is CCN(Cc1ccccc1)C(=O)c1cc(S(=O)(=O)N2CCOCC2)ccc1F. The largest absolute Gasteiger partial charge is 0.379 e. The van der Waals surface area contributed by atoms with E-state index in [4.69, 9.17) is 4.74 Å². The third-order valence-corrected chi connectivity index (χ3v) is 6.56. The molecule has 1 heterocycles. The van der Waals surface area contributed by atoms with Crippen molar-refractivity contribution in [3.8, 4) is 0 Å². The summed E-state index contributed by atoms with van der Waals surface area (Å²) in [5, 5.41) is 0. The molecular weight excluding hydrogens is 383 g/mol. The van der Waals surface area contributed by atoms with E-state index in [-0.39, 0.29) is 23.5 Å². The average molecular weight is 406 g/mol. The summed E-state index contributed by atoms with van der Waals surface area (Å²) >= 11 is 0. The summed E-state index contributed by atoms with van der Waals surface area (Å²) < 4.78 is 46.5. The van der Waals surface area contributed by atoms with Crippen molar-refractivity contribution in [2.75, 3.05) is 32.8 Å². The van der Waals surface area contributed by atoms with Crippen molar-refractivity contribution in [2.45, 2.75) is 18.4 Å². The maximum absolute atomic E-state index is 14.4. The Balaban J connectivity index is 1.88. The molecule has 0 aromatic heterocycles. The second-order valence-corrected chi connectivity index (χ2v) is 8.40. The fraction of sp³-hybridized carbons (Fsp3) is 0.350. The Morgan fingerprint density at radius 3 is 2.46 bits per heavy atom. The third kappa shape index (κ3) is 4.40. The van der Waals surface area contributed by atoms with Crippen molar-refractivity contribution in [1.29, 1.82) is 0 Å². The van der Waals surface area contributed by atoms with E-state index in [0.717, 1.165) is 17.7 Å². The van der Waals surface area contributed by atoms with Crippen molar-refractivity contribution in [2.24, 2.45) is 0 Å². The zero-order chi connectivity index (χ0) is 20.1. The molecule has 0 radical (unpaired) electrons. The van der Waals surface area contributed by atoms with Gasteiger partial charge in [0.25, 0.3) is 5.91 Å². The first-order chi connectivity index (χ1) is 13.4. The highest BCUT2D eigenvalue weighted by Gasteiger charge is 2.28. The number of morpholine rings is 1. The van der Waals surface area contributed by atoms with Gasteiger partial charge in [-0.2, -0.15) is 4.31 Å². The van der Waals surface area contributed by atoms with Gasteiger partial charge in [0.05, 0.1) is 23.7 Å². The molecule has 0 unspecified atom stereocenters. The zero-order valence-electron chi connectivity index (χ0n) is 15.7. The number of carbonyl (C=O) groups is 1. The fourth-order valence-corrected chi connectivity index (χ4v) is 4.50. The van der Waals surface area contributed by atoms with Gasteiger partial charge in [-0.3, -0.25) is 4.79 Å². The van der Waals surface area contributed by atoms with E-state index in [1.807, 2.05) is 30.3 Å². The van der Waals surface area contributed by atoms with Gasteiger partial charge in [-0.1, -0.05) is 30.3 Å². The van der Waals surface area contributed by atoms with Crippen LogP contribution in [0.2, 0.25) is 0 Å². The topological polar surface area (TPSA) is 66.9 Å². The van der Waals surface area contributed by atoms with Crippen molar-refractivity contribution >= 4 is 15.9 Å². The van der Waals surface area contributed by atoms with Crippen molar-refractivity contribution in [1.82, 2.24) is 9.21 Å². The highest BCUT2D eigenvalue weighted by molar-refractivity contribution is 7.89. The standard InChI is InChI=1S/C20H23FN2O4S/c1-2-22(15-16-6-4-3-5-7-16)20(24)18-14-17(8-9-19(18)21)28(25,26)23-10-12-27-13-11-23/h3-9,14H,2,10-13,15H2,1H3. The second-order valence-electron chi connectivity index (χ2n) is 6.46. The minimum atomic E-state index is -3.81. The summed E-state index contributed by atoms with van der Waals surface area (Å²) in [6.45, 7) is 3.58. The van der Waals surface area contributed by atoms with Gasteiger partial charge < -0.3 is 9.64 Å². The maximum atomic E-state index is 14.4. The molecule has 0 N–H and O–H groups in total. The number of hydrogen-bond acceptors (Lipinski definition) is 4. The predicted octanol–water partition coefficient (Wildman–Crippen LogP) is 2.51. The molecule has 1 saturated heterocycles. The van der Waals surface area contributed by atoms with Crippen molar-refractivity contribution in [3.05, 3.63) is 65.5 Å². The molecule has 150 valence electrons. The average Bonchev–Trinajstić information content (AvgIpc) is 2.73. The molecule has 0 atom stereocenters. The van der Waals surface area contributed by atoms with Gasteiger partial charge >= 0.3 is 0 Å². The van der Waals surface area contributed by atoms with Crippen LogP contribution in [0.25, 0.3) is 0 Å². The minimum Gasteiger partial charge on any atom is -0.379 e. The molecule has 2 aromatic carbocycles. The summed E-state index contributed by atoms with van der Waals surface area (Å²) in [5.74, 6) is -1.28. The van der Waals surface area contributed by atoms with Crippen LogP contribution in [0.15, 0.2) is 53.4 Å². The van der Waals surface area contributed by atoms with Crippen LogP contribution in [-0.2, 0) is 21.3 Å². The van der Waals surface area contributed by atoms with E-state index in [0.29, 0.717) is 26.3 Å². The van der Waals surface area contributed by atoms with Crippen LogP contribution in [0.4, 0.5) is 4.39 Å². The monoisotopic (exact) mass is 406 g/mol. The molecule has 0 bridgehead atoms. The Bertz CT molecular complexity index is 928. The molecular formula is C20H23FN2O4S. The lowest BCUT2D eigenvalue weighted by atomic mass is 10.1. The van der Waals surface area contributed by atoms with Crippen LogP contribution < -0.4 is 0 Å². The van der Waals surface area contributed by atoms with Gasteiger partial charge in [0.2, 0.25) is 10.0 Å². The van der Waals surface area contributed by atoms with Gasteiger partial charge in [-0.15, -0.1) is 0 Å². The molecule has 6 nitrogen and oxygen atoms in total. The van der Waals surface area contributed by atoms with Crippen LogP contribution in [-0.4, -0.2) is 56.4 Å². The number of sulfonamides is 1. The summed E-state index contributed by atoms with van der Waals surface area (Å²) in [6, 6.07) is 12.7. The molecule has 0 spiro atoms. The quantitative estimate of drug-likeness (QED) is 0.739. The van der Waals surface area contributed by atoms with E-state index in [1.54, 1.807) is 6.92 Å². The van der Waals surface area contributed by atoms with Gasteiger partial charge in [0, 0.05) is 26.2 Å². The summed E-state index contributed by atoms with van der Waals surface area (Å²) in [4.78, 5) is 14.3. The van der Waals surface area contributed by atoms with Crippen LogP contribution in [0.1, 0.15) is 22.8 Å². The lowest BCUT2D eigenvalue weighted by Gasteiger charge is -2.26. The predicted molar refractivity (Wildman–Crippen MR) is 103 cm³/mol. The number of halogens is 1. The van der Waals surface area contributed by atoms with Crippen LogP contribution in [0, 0.1) is 5.82 Å². The van der Waals surface area contributed by atoms with Crippen molar-refractivity contribution < 1.29 is 22.3 Å². The Morgan fingerprint density at radius 1 is 1.14 bits per heavy atom. The lowest BCUT2D eigenvalue weighted by molar-refractivity contribution is 0.0729. The zero-order valence-corrected chi connectivity index (χ0v) is 16.5. The van der Waals surface area contributed by atoms with Gasteiger partial charge in [0.15, 0.2) is 0 Å². The van der Waals surface area contributed by atoms with E-state index in [2.05, 4.69) is 0 Å². The minimum absolute atomic E-state index is 0.0880. The molecule has 8 heteroatoms. The van der Waals surface area contributed by atoms with E-state index >= 15 is 0 Å². The normalized spacial score (nSPS) is 15.4. The number of hydrogen-bond donors (Lipinski definition) is 0. The summed E-state index contributed by atoms with van der Waals surface area (Å²) in [7, 11) is -3.81. The van der Waals surface area contributed by atoms with Crippen LogP contribution >= 0.6 is 0 Å². The lowest BCUT2D eigenvalue weighted by Crippen LogP contribution is -2.40. The van der Waals surface area contributed by atoms with Crippen LogP contribution in [0.5, 0.6) is 0 Å². The number of carbonyl (C=O) groups excluding carboxylic acids is 1. The van der Waals surface area contributed by atoms with E-state index in [9.17, 15) is 17.6 Å². The smallest absolute Gasteiger partial charge is 0.257 e. The number of nitrogens with zero attached hydrogens (tertiary/aromatic N) is 2. The van der Waals surface area contributed by atoms with Gasteiger partial charge in [0.1, 0.15) is 5.82 Å². The number of ether oxygens (including phenoxy) is 1. The maximum Gasteiger partial charge on any atom is 0.257 e. The number of benzene rings is 2. The Morgan fingerprint density at radius 2 is 1.82 bits per heavy atom. The molecule has 1 fully saturated rings. The first-order valence-corrected chi connectivity index (χ1v) is 10.6. The Kier molecular flexibility index (Phi) is 6.43. The first-order valence-electron chi connectivity index (χ1n) is 9.14. The molecule has 1 aliphatic rings. The summed E-state index contributed by atoms with van der Waals surface area (Å²) in [6.07, 6.45) is 0. The fourth-order valence-electron chi connectivity index (χ4n) is 3.07. The molecule has 1 aliphatic heterocycles. The molecule has 28 heavy (non-hydrogen) atoms. The molecule has 0 saturated carbocycles. The second kappa shape index (κ2) is 8.81. The van der Waals surface area contributed by atoms with Crippen molar-refractivity contribution in [3.63, 3.8) is 0 Å². The van der Waals surface area contributed by atoms with Crippen LogP contribution in [0.3, 0.4) is 0 Å². The number of rotatable bonds is 6. The highest BCUT2D eigenvalue weighted by Crippen LogP contribution is 2.22. The van der Waals surface area contributed by atoms with E-state index in [1.165, 1.54) is 15.3 Å². The van der Waals surface area contributed by atoms with Gasteiger partial charge in [-0.05, 0) is 30.7 Å². The Labute approximate surface area is 164 Å². The first kappa shape index (κ1) is 20.4. The van der Waals surface area contributed by atoms with Gasteiger partial charge in [-0.25, -0.2) is 12.8 Å². The molecule has 0 aliphatic carbocycles. The van der Waals surface area contributed by atoms with E-state index < -0.39 is 21.7 Å². The highest BCUT2D eigenvalue weighted by atomic mass is 32.2. The molecule has 1 amide bonds. The Hall–Kier alpha value is -2.29.